The van der Waals surface area contributed by atoms with Gasteiger partial charge in [0.1, 0.15) is 0 Å². The molecule has 0 aromatic heterocycles. The van der Waals surface area contributed by atoms with Gasteiger partial charge in [-0.05, 0) is 25.9 Å². The van der Waals surface area contributed by atoms with E-state index in [0.717, 1.165) is 25.9 Å². The number of hydrogen-bond acceptors (Lipinski definition) is 4. The van der Waals surface area contributed by atoms with Crippen LogP contribution in [0.5, 0.6) is 0 Å². The molecule has 1 heterocycles. The van der Waals surface area contributed by atoms with E-state index in [9.17, 15) is 13.2 Å². The van der Waals surface area contributed by atoms with Gasteiger partial charge in [0.05, 0.1) is 12.2 Å². The molecule has 1 rings (SSSR count). The molecule has 0 spiro atoms. The van der Waals surface area contributed by atoms with Crippen molar-refractivity contribution in [2.75, 3.05) is 25.9 Å². The summed E-state index contributed by atoms with van der Waals surface area (Å²) in [5, 5.41) is 11.6. The average molecular weight is 250 g/mol. The Morgan fingerprint density at radius 2 is 2.00 bits per heavy atom. The van der Waals surface area contributed by atoms with Crippen LogP contribution in [0.4, 0.5) is 0 Å². The topological polar surface area (TPSA) is 86.7 Å². The molecule has 0 saturated carbocycles. The number of carboxylic acids is 1. The molecular formula is C9H18N2O4S. The first kappa shape index (κ1) is 13.4. The molecule has 0 aliphatic carbocycles. The van der Waals surface area contributed by atoms with E-state index in [4.69, 9.17) is 5.11 Å². The van der Waals surface area contributed by atoms with Crippen molar-refractivity contribution in [3.63, 3.8) is 0 Å². The lowest BCUT2D eigenvalue weighted by Crippen LogP contribution is -2.44. The maximum Gasteiger partial charge on any atom is 0.304 e. The summed E-state index contributed by atoms with van der Waals surface area (Å²) in [5.41, 5.74) is 0. The van der Waals surface area contributed by atoms with E-state index in [1.807, 2.05) is 0 Å². The van der Waals surface area contributed by atoms with Gasteiger partial charge in [-0.2, -0.15) is 0 Å². The third-order valence-corrected chi connectivity index (χ3v) is 4.73. The Hall–Kier alpha value is -0.660. The lowest BCUT2D eigenvalue weighted by Gasteiger charge is -2.30. The van der Waals surface area contributed by atoms with Gasteiger partial charge in [0.25, 0.3) is 0 Å². The summed E-state index contributed by atoms with van der Waals surface area (Å²) in [6.45, 7) is 1.62. The van der Waals surface area contributed by atoms with Crippen LogP contribution >= 0.6 is 0 Å². The van der Waals surface area contributed by atoms with E-state index < -0.39 is 16.0 Å². The van der Waals surface area contributed by atoms with Gasteiger partial charge >= 0.3 is 5.97 Å². The summed E-state index contributed by atoms with van der Waals surface area (Å²) in [4.78, 5) is 10.4. The maximum atomic E-state index is 11.8. The molecule has 1 saturated heterocycles. The number of carbonyl (C=O) groups is 1. The molecule has 0 unspecified atom stereocenters. The van der Waals surface area contributed by atoms with Crippen LogP contribution < -0.4 is 5.32 Å². The zero-order valence-electron chi connectivity index (χ0n) is 9.35. The second kappa shape index (κ2) is 5.60. The fourth-order valence-corrected chi connectivity index (χ4v) is 3.14. The molecule has 0 radical (unpaired) electrons. The smallest absolute Gasteiger partial charge is 0.304 e. The van der Waals surface area contributed by atoms with Crippen LogP contribution in [0, 0.1) is 0 Å². The first-order valence-corrected chi connectivity index (χ1v) is 6.92. The fraction of sp³-hybridized carbons (Fsp3) is 0.889. The Morgan fingerprint density at radius 1 is 1.44 bits per heavy atom. The van der Waals surface area contributed by atoms with Gasteiger partial charge in [0, 0.05) is 13.1 Å². The number of nitrogens with zero attached hydrogens (tertiary/aromatic N) is 1. The third-order valence-electron chi connectivity index (χ3n) is 2.84. The highest BCUT2D eigenvalue weighted by molar-refractivity contribution is 7.89. The van der Waals surface area contributed by atoms with Crippen molar-refractivity contribution in [1.29, 1.82) is 0 Å². The highest BCUT2D eigenvalue weighted by Gasteiger charge is 2.27. The first-order valence-electron chi connectivity index (χ1n) is 5.31. The van der Waals surface area contributed by atoms with E-state index in [1.54, 1.807) is 0 Å². The molecule has 0 aromatic rings. The third kappa shape index (κ3) is 3.73. The number of nitrogens with one attached hydrogen (secondary N) is 1. The number of carboxylic acid groups (broad SMARTS) is 1. The van der Waals surface area contributed by atoms with Crippen molar-refractivity contribution >= 4 is 16.0 Å². The Morgan fingerprint density at radius 3 is 2.50 bits per heavy atom. The monoisotopic (exact) mass is 250 g/mol. The van der Waals surface area contributed by atoms with Crippen LogP contribution in [-0.4, -0.2) is 55.7 Å². The van der Waals surface area contributed by atoms with Gasteiger partial charge in [-0.1, -0.05) is 0 Å². The normalized spacial score (nSPS) is 18.9. The Balaban J connectivity index is 2.56. The fourth-order valence-electron chi connectivity index (χ4n) is 1.76. The summed E-state index contributed by atoms with van der Waals surface area (Å²) < 4.78 is 24.9. The van der Waals surface area contributed by atoms with E-state index >= 15 is 0 Å². The summed E-state index contributed by atoms with van der Waals surface area (Å²) in [6.07, 6.45) is 1.23. The Kier molecular flexibility index (Phi) is 4.69. The Bertz CT molecular complexity index is 335. The lowest BCUT2D eigenvalue weighted by molar-refractivity contribution is -0.136. The van der Waals surface area contributed by atoms with Crippen LogP contribution in [0.2, 0.25) is 0 Å². The van der Waals surface area contributed by atoms with Crippen LogP contribution in [0.25, 0.3) is 0 Å². The number of hydrogen-bond donors (Lipinski definition) is 2. The van der Waals surface area contributed by atoms with Gasteiger partial charge in [0.2, 0.25) is 10.0 Å². The summed E-state index contributed by atoms with van der Waals surface area (Å²) >= 11 is 0. The zero-order chi connectivity index (χ0) is 12.2. The lowest BCUT2D eigenvalue weighted by atomic mass is 10.1. The van der Waals surface area contributed by atoms with Crippen molar-refractivity contribution in [3.8, 4) is 0 Å². The first-order chi connectivity index (χ1) is 7.43. The maximum absolute atomic E-state index is 11.8. The molecule has 0 amide bonds. The predicted molar refractivity (Wildman–Crippen MR) is 59.7 cm³/mol. The summed E-state index contributed by atoms with van der Waals surface area (Å²) in [5.74, 6) is -1.40. The molecule has 6 nitrogen and oxygen atoms in total. The number of aliphatic carboxylic acids is 1. The highest BCUT2D eigenvalue weighted by Crippen LogP contribution is 2.14. The minimum Gasteiger partial charge on any atom is -0.481 e. The molecule has 1 aliphatic heterocycles. The standard InChI is InChI=1S/C9H18N2O4S/c1-11(8-2-5-10-6-3-8)16(14,15)7-4-9(12)13/h8,10H,2-7H2,1H3,(H,12,13). The van der Waals surface area contributed by atoms with Crippen molar-refractivity contribution in [3.05, 3.63) is 0 Å². The largest absolute Gasteiger partial charge is 0.481 e. The van der Waals surface area contributed by atoms with Gasteiger partial charge in [0.15, 0.2) is 0 Å². The molecule has 0 atom stereocenters. The molecule has 94 valence electrons. The second-order valence-corrected chi connectivity index (χ2v) is 6.11. The molecule has 1 fully saturated rings. The van der Waals surface area contributed by atoms with Crippen molar-refractivity contribution < 1.29 is 18.3 Å². The predicted octanol–water partition coefficient (Wildman–Crippen LogP) is -0.525. The van der Waals surface area contributed by atoms with Crippen LogP contribution in [-0.2, 0) is 14.8 Å². The number of piperidine rings is 1. The second-order valence-electron chi connectivity index (χ2n) is 3.96. The molecule has 16 heavy (non-hydrogen) atoms. The van der Waals surface area contributed by atoms with Crippen LogP contribution in [0.15, 0.2) is 0 Å². The van der Waals surface area contributed by atoms with Gasteiger partial charge in [-0.15, -0.1) is 0 Å². The SMILES string of the molecule is CN(C1CCNCC1)S(=O)(=O)CCC(=O)O. The number of sulfonamides is 1. The van der Waals surface area contributed by atoms with E-state index in [2.05, 4.69) is 5.32 Å². The minimum atomic E-state index is -3.43. The van der Waals surface area contributed by atoms with Crippen molar-refractivity contribution in [2.24, 2.45) is 0 Å². The van der Waals surface area contributed by atoms with E-state index in [1.165, 1.54) is 11.4 Å². The summed E-state index contributed by atoms with van der Waals surface area (Å²) in [6, 6.07) is 0.0000416. The molecular weight excluding hydrogens is 232 g/mol. The van der Waals surface area contributed by atoms with Gasteiger partial charge in [-0.25, -0.2) is 12.7 Å². The zero-order valence-corrected chi connectivity index (χ0v) is 10.2. The summed E-state index contributed by atoms with van der Waals surface area (Å²) in [7, 11) is -1.90. The molecule has 0 bridgehead atoms. The van der Waals surface area contributed by atoms with Gasteiger partial charge in [-0.3, -0.25) is 4.79 Å². The van der Waals surface area contributed by atoms with Crippen LogP contribution in [0.3, 0.4) is 0 Å². The van der Waals surface area contributed by atoms with Crippen molar-refractivity contribution in [1.82, 2.24) is 9.62 Å². The molecule has 0 aromatic carbocycles. The minimum absolute atomic E-state index is 0.0000416. The molecule has 1 aliphatic rings. The van der Waals surface area contributed by atoms with Gasteiger partial charge < -0.3 is 10.4 Å². The van der Waals surface area contributed by atoms with E-state index in [0.29, 0.717) is 0 Å². The number of rotatable bonds is 5. The van der Waals surface area contributed by atoms with Crippen LogP contribution in [0.1, 0.15) is 19.3 Å². The Labute approximate surface area is 95.7 Å². The highest BCUT2D eigenvalue weighted by atomic mass is 32.2. The molecule has 7 heteroatoms. The average Bonchev–Trinajstić information content (AvgIpc) is 2.27. The molecule has 2 N–H and O–H groups in total. The van der Waals surface area contributed by atoms with E-state index in [-0.39, 0.29) is 18.2 Å². The van der Waals surface area contributed by atoms with Crippen molar-refractivity contribution in [2.45, 2.75) is 25.3 Å². The quantitative estimate of drug-likeness (QED) is 0.685.